The lowest BCUT2D eigenvalue weighted by atomic mass is 10.0. The minimum Gasteiger partial charge on any atom is -0.496 e. The molecule has 2 rings (SSSR count). The van der Waals surface area contributed by atoms with Crippen molar-refractivity contribution in [2.75, 3.05) is 26.7 Å². The maximum atomic E-state index is 12.0. The molecule has 1 heterocycles. The molecule has 0 aliphatic carbocycles. The van der Waals surface area contributed by atoms with Crippen molar-refractivity contribution in [3.8, 4) is 5.75 Å². The number of nitrogens with one attached hydrogen (secondary N) is 2. The third-order valence-electron chi connectivity index (χ3n) is 2.84. The van der Waals surface area contributed by atoms with Gasteiger partial charge in [0.2, 0.25) is 0 Å². The van der Waals surface area contributed by atoms with E-state index in [1.54, 1.807) is 18.2 Å². The zero-order valence-corrected chi connectivity index (χ0v) is 11.6. The van der Waals surface area contributed by atoms with Gasteiger partial charge in [-0.15, -0.1) is 12.4 Å². The summed E-state index contributed by atoms with van der Waals surface area (Å²) in [5.41, 5.74) is 0.406. The Balaban J connectivity index is 0.00000162. The van der Waals surface area contributed by atoms with Crippen LogP contribution >= 0.6 is 24.0 Å². The predicted octanol–water partition coefficient (Wildman–Crippen LogP) is 1.72. The highest BCUT2D eigenvalue weighted by Gasteiger charge is 2.20. The van der Waals surface area contributed by atoms with Gasteiger partial charge in [-0.05, 0) is 12.1 Å². The fourth-order valence-electron chi connectivity index (χ4n) is 1.71. The molecule has 1 saturated heterocycles. The van der Waals surface area contributed by atoms with Crippen LogP contribution in [0.2, 0.25) is 5.02 Å². The molecule has 0 bridgehead atoms. The molecule has 1 aromatic rings. The van der Waals surface area contributed by atoms with E-state index in [2.05, 4.69) is 10.6 Å². The maximum absolute atomic E-state index is 12.0. The number of ether oxygens (including phenoxy) is 1. The molecule has 6 heteroatoms. The van der Waals surface area contributed by atoms with Gasteiger partial charge in [0.05, 0.1) is 17.7 Å². The molecule has 0 spiro atoms. The van der Waals surface area contributed by atoms with Gasteiger partial charge < -0.3 is 15.4 Å². The molecule has 1 aromatic carbocycles. The zero-order valence-electron chi connectivity index (χ0n) is 10.0. The first-order valence-electron chi connectivity index (χ1n) is 5.53. The number of hydrogen-bond donors (Lipinski definition) is 2. The van der Waals surface area contributed by atoms with Crippen LogP contribution in [0.1, 0.15) is 10.4 Å². The standard InChI is InChI=1S/C12H15ClN2O2.ClH/c1-17-10-4-2-3-9(13)11(10)12(16)15-7-8-5-14-6-8;/h2-4,8,14H,5-7H2,1H3,(H,15,16);1H. The molecule has 0 atom stereocenters. The van der Waals surface area contributed by atoms with E-state index in [1.165, 1.54) is 7.11 Å². The fourth-order valence-corrected chi connectivity index (χ4v) is 1.96. The van der Waals surface area contributed by atoms with Crippen LogP contribution < -0.4 is 15.4 Å². The lowest BCUT2D eigenvalue weighted by Gasteiger charge is -2.27. The van der Waals surface area contributed by atoms with E-state index in [9.17, 15) is 4.79 Å². The Labute approximate surface area is 117 Å². The van der Waals surface area contributed by atoms with E-state index in [-0.39, 0.29) is 18.3 Å². The second-order valence-corrected chi connectivity index (χ2v) is 4.46. The van der Waals surface area contributed by atoms with Gasteiger partial charge >= 0.3 is 0 Å². The average Bonchev–Trinajstić information content (AvgIpc) is 2.26. The second kappa shape index (κ2) is 6.83. The molecule has 2 N–H and O–H groups in total. The van der Waals surface area contributed by atoms with Gasteiger partial charge in [0.25, 0.3) is 5.91 Å². The highest BCUT2D eigenvalue weighted by Crippen LogP contribution is 2.25. The summed E-state index contributed by atoms with van der Waals surface area (Å²) < 4.78 is 5.14. The Bertz CT molecular complexity index is 423. The molecule has 4 nitrogen and oxygen atoms in total. The summed E-state index contributed by atoms with van der Waals surface area (Å²) in [6.07, 6.45) is 0. The van der Waals surface area contributed by atoms with Crippen LogP contribution in [0, 0.1) is 5.92 Å². The summed E-state index contributed by atoms with van der Waals surface area (Å²) in [5.74, 6) is 0.841. The molecule has 0 unspecified atom stereocenters. The zero-order chi connectivity index (χ0) is 12.3. The molecular weight excluding hydrogens is 275 g/mol. The van der Waals surface area contributed by atoms with Crippen LogP contribution in [0.3, 0.4) is 0 Å². The molecule has 1 fully saturated rings. The van der Waals surface area contributed by atoms with Crippen molar-refractivity contribution in [2.24, 2.45) is 5.92 Å². The van der Waals surface area contributed by atoms with Crippen molar-refractivity contribution < 1.29 is 9.53 Å². The highest BCUT2D eigenvalue weighted by molar-refractivity contribution is 6.34. The van der Waals surface area contributed by atoms with Crippen molar-refractivity contribution in [1.82, 2.24) is 10.6 Å². The maximum Gasteiger partial charge on any atom is 0.256 e. The van der Waals surface area contributed by atoms with Gasteiger partial charge in [0, 0.05) is 25.6 Å². The SMILES string of the molecule is COc1cccc(Cl)c1C(=O)NCC1CNC1.Cl. The first-order valence-corrected chi connectivity index (χ1v) is 5.91. The van der Waals surface area contributed by atoms with Crippen LogP contribution in [0.5, 0.6) is 5.75 Å². The number of carbonyl (C=O) groups is 1. The molecule has 0 radical (unpaired) electrons. The Morgan fingerprint density at radius 1 is 1.56 bits per heavy atom. The molecule has 0 aromatic heterocycles. The van der Waals surface area contributed by atoms with Gasteiger partial charge in [0.1, 0.15) is 5.75 Å². The third kappa shape index (κ3) is 3.28. The fraction of sp³-hybridized carbons (Fsp3) is 0.417. The average molecular weight is 291 g/mol. The predicted molar refractivity (Wildman–Crippen MR) is 73.9 cm³/mol. The van der Waals surface area contributed by atoms with E-state index in [0.717, 1.165) is 13.1 Å². The number of halogens is 2. The van der Waals surface area contributed by atoms with E-state index in [4.69, 9.17) is 16.3 Å². The van der Waals surface area contributed by atoms with Crippen molar-refractivity contribution >= 4 is 29.9 Å². The summed E-state index contributed by atoms with van der Waals surface area (Å²) in [7, 11) is 1.53. The highest BCUT2D eigenvalue weighted by atomic mass is 35.5. The molecular formula is C12H16Cl2N2O2. The Kier molecular flexibility index (Phi) is 5.72. The normalized spacial score (nSPS) is 14.3. The van der Waals surface area contributed by atoms with Crippen LogP contribution in [0.4, 0.5) is 0 Å². The van der Waals surface area contributed by atoms with Crippen molar-refractivity contribution in [1.29, 1.82) is 0 Å². The first kappa shape index (κ1) is 15.1. The summed E-state index contributed by atoms with van der Waals surface area (Å²) in [4.78, 5) is 12.0. The number of carbonyl (C=O) groups excluding carboxylic acids is 1. The Morgan fingerprint density at radius 2 is 2.28 bits per heavy atom. The summed E-state index contributed by atoms with van der Waals surface area (Å²) in [6.45, 7) is 2.58. The molecule has 1 amide bonds. The molecule has 0 saturated carbocycles. The van der Waals surface area contributed by atoms with Crippen molar-refractivity contribution in [3.05, 3.63) is 28.8 Å². The molecule has 1 aliphatic rings. The summed E-state index contributed by atoms with van der Waals surface area (Å²) in [6, 6.07) is 5.17. The largest absolute Gasteiger partial charge is 0.496 e. The summed E-state index contributed by atoms with van der Waals surface area (Å²) in [5, 5.41) is 6.44. The molecule has 100 valence electrons. The first-order chi connectivity index (χ1) is 8.22. The van der Waals surface area contributed by atoms with Crippen LogP contribution in [0.15, 0.2) is 18.2 Å². The number of benzene rings is 1. The molecule has 1 aliphatic heterocycles. The third-order valence-corrected chi connectivity index (χ3v) is 3.15. The number of rotatable bonds is 4. The van der Waals surface area contributed by atoms with E-state index in [0.29, 0.717) is 28.8 Å². The van der Waals surface area contributed by atoms with Crippen LogP contribution in [-0.2, 0) is 0 Å². The smallest absolute Gasteiger partial charge is 0.256 e. The van der Waals surface area contributed by atoms with Crippen molar-refractivity contribution in [2.45, 2.75) is 0 Å². The second-order valence-electron chi connectivity index (χ2n) is 4.05. The Morgan fingerprint density at radius 3 is 2.83 bits per heavy atom. The topological polar surface area (TPSA) is 50.4 Å². The quantitative estimate of drug-likeness (QED) is 0.888. The van der Waals surface area contributed by atoms with Gasteiger partial charge in [-0.2, -0.15) is 0 Å². The van der Waals surface area contributed by atoms with Crippen LogP contribution in [0.25, 0.3) is 0 Å². The van der Waals surface area contributed by atoms with E-state index < -0.39 is 0 Å². The monoisotopic (exact) mass is 290 g/mol. The Hall–Kier alpha value is -0.970. The number of methoxy groups -OCH3 is 1. The van der Waals surface area contributed by atoms with Gasteiger partial charge in [-0.3, -0.25) is 4.79 Å². The molecule has 18 heavy (non-hydrogen) atoms. The van der Waals surface area contributed by atoms with Crippen molar-refractivity contribution in [3.63, 3.8) is 0 Å². The van der Waals surface area contributed by atoms with Gasteiger partial charge in [-0.25, -0.2) is 0 Å². The van der Waals surface area contributed by atoms with Crippen LogP contribution in [-0.4, -0.2) is 32.7 Å². The summed E-state index contributed by atoms with van der Waals surface area (Å²) >= 11 is 6.01. The number of hydrogen-bond acceptors (Lipinski definition) is 3. The van der Waals surface area contributed by atoms with E-state index >= 15 is 0 Å². The minimum atomic E-state index is -0.181. The lowest BCUT2D eigenvalue weighted by Crippen LogP contribution is -2.48. The van der Waals surface area contributed by atoms with E-state index in [1.807, 2.05) is 0 Å². The minimum absolute atomic E-state index is 0. The number of amides is 1. The lowest BCUT2D eigenvalue weighted by molar-refractivity contribution is 0.0939. The van der Waals surface area contributed by atoms with Gasteiger partial charge in [0.15, 0.2) is 0 Å². The van der Waals surface area contributed by atoms with Gasteiger partial charge in [-0.1, -0.05) is 17.7 Å².